The number of hydrogen-bond acceptors (Lipinski definition) is 6. The highest BCUT2D eigenvalue weighted by atomic mass is 32.1. The fraction of sp³-hybridized carbons (Fsp3) is 0.355. The van der Waals surface area contributed by atoms with E-state index < -0.39 is 6.04 Å². The molecule has 0 bridgehead atoms. The molecule has 0 aliphatic carbocycles. The second-order valence-electron chi connectivity index (χ2n) is 10.6. The van der Waals surface area contributed by atoms with E-state index in [0.29, 0.717) is 17.9 Å². The molecule has 7 nitrogen and oxygen atoms in total. The zero-order chi connectivity index (χ0) is 27.4. The van der Waals surface area contributed by atoms with E-state index in [9.17, 15) is 4.79 Å². The highest BCUT2D eigenvalue weighted by molar-refractivity contribution is 7.09. The molecular formula is C31H36N6OS. The van der Waals surface area contributed by atoms with Crippen molar-refractivity contribution in [2.24, 2.45) is 0 Å². The highest BCUT2D eigenvalue weighted by Gasteiger charge is 2.34. The molecule has 5 aromatic rings. The summed E-state index contributed by atoms with van der Waals surface area (Å²) in [5, 5.41) is 16.3. The van der Waals surface area contributed by atoms with Gasteiger partial charge in [0.25, 0.3) is 5.56 Å². The third-order valence-electron chi connectivity index (χ3n) is 7.65. The van der Waals surface area contributed by atoms with Gasteiger partial charge in [0.15, 0.2) is 5.82 Å². The number of aromatic nitrogens is 5. The Morgan fingerprint density at radius 2 is 1.85 bits per heavy atom. The van der Waals surface area contributed by atoms with Crippen LogP contribution in [0.1, 0.15) is 67.5 Å². The molecule has 0 saturated heterocycles. The summed E-state index contributed by atoms with van der Waals surface area (Å²) < 4.78 is 1.91. The lowest BCUT2D eigenvalue weighted by atomic mass is 9.98. The monoisotopic (exact) mass is 540 g/mol. The molecule has 0 fully saturated rings. The summed E-state index contributed by atoms with van der Waals surface area (Å²) in [6.07, 6.45) is 2.62. The second-order valence-corrected chi connectivity index (χ2v) is 11.7. The summed E-state index contributed by atoms with van der Waals surface area (Å²) in [4.78, 5) is 20.5. The minimum atomic E-state index is -0.435. The molecule has 0 saturated carbocycles. The Kier molecular flexibility index (Phi) is 8.04. The van der Waals surface area contributed by atoms with Gasteiger partial charge in [-0.05, 0) is 89.7 Å². The van der Waals surface area contributed by atoms with Crippen LogP contribution in [0.3, 0.4) is 0 Å². The van der Waals surface area contributed by atoms with Crippen LogP contribution in [-0.4, -0.2) is 36.6 Å². The van der Waals surface area contributed by atoms with Gasteiger partial charge < -0.3 is 4.98 Å². The van der Waals surface area contributed by atoms with Gasteiger partial charge in [0, 0.05) is 29.0 Å². The topological polar surface area (TPSA) is 79.7 Å². The van der Waals surface area contributed by atoms with Crippen molar-refractivity contribution >= 4 is 22.2 Å². The normalized spacial score (nSPS) is 12.8. The molecule has 5 rings (SSSR count). The number of nitrogens with one attached hydrogen (secondary N) is 1. The first-order valence-corrected chi connectivity index (χ1v) is 14.5. The number of hydrogen-bond donors (Lipinski definition) is 1. The number of thiophene rings is 1. The maximum absolute atomic E-state index is 13.8. The number of nitrogens with zero attached hydrogens (tertiary/aromatic N) is 5. The zero-order valence-corrected chi connectivity index (χ0v) is 23.9. The van der Waals surface area contributed by atoms with Crippen molar-refractivity contribution in [1.29, 1.82) is 0 Å². The molecule has 0 unspecified atom stereocenters. The zero-order valence-electron chi connectivity index (χ0n) is 23.1. The van der Waals surface area contributed by atoms with Gasteiger partial charge >= 0.3 is 0 Å². The van der Waals surface area contributed by atoms with Crippen LogP contribution in [0.25, 0.3) is 10.9 Å². The van der Waals surface area contributed by atoms with E-state index in [-0.39, 0.29) is 11.1 Å². The van der Waals surface area contributed by atoms with E-state index >= 15 is 0 Å². The molecular weight excluding hydrogens is 504 g/mol. The molecule has 202 valence electrons. The van der Waals surface area contributed by atoms with E-state index in [1.807, 2.05) is 22.9 Å². The van der Waals surface area contributed by atoms with E-state index in [1.54, 1.807) is 11.3 Å². The summed E-state index contributed by atoms with van der Waals surface area (Å²) in [5.74, 6) is 0.683. The van der Waals surface area contributed by atoms with Gasteiger partial charge in [0.05, 0.1) is 5.54 Å². The van der Waals surface area contributed by atoms with Crippen molar-refractivity contribution in [1.82, 2.24) is 30.1 Å². The Balaban J connectivity index is 1.69. The number of aromatic amines is 1. The quantitative estimate of drug-likeness (QED) is 0.218. The van der Waals surface area contributed by atoms with Crippen LogP contribution in [0.4, 0.5) is 0 Å². The molecule has 1 atom stereocenters. The van der Waals surface area contributed by atoms with E-state index in [1.165, 1.54) is 16.0 Å². The molecule has 0 aliphatic heterocycles. The standard InChI is InChI=1S/C31H36N6OS/c1-5-22-14-15-27-24(19-22)20-26(30(38)32-27)28(29-33-34-35-37(29)31(3,4)6-2)36(21-25-13-10-18-39-25)17-16-23-11-8-7-9-12-23/h7-15,18-20,28H,5-6,16-17,21H2,1-4H3,(H,32,38)/t28-/m0/s1. The van der Waals surface area contributed by atoms with Gasteiger partial charge in [-0.1, -0.05) is 56.3 Å². The molecule has 0 radical (unpaired) electrons. The lowest BCUT2D eigenvalue weighted by Gasteiger charge is -2.33. The average Bonchev–Trinajstić information content (AvgIpc) is 3.65. The van der Waals surface area contributed by atoms with Crippen molar-refractivity contribution in [2.75, 3.05) is 6.54 Å². The van der Waals surface area contributed by atoms with Crippen molar-refractivity contribution in [3.8, 4) is 0 Å². The van der Waals surface area contributed by atoms with E-state index in [4.69, 9.17) is 0 Å². The minimum Gasteiger partial charge on any atom is -0.322 e. The molecule has 0 spiro atoms. The predicted octanol–water partition coefficient (Wildman–Crippen LogP) is 6.12. The fourth-order valence-electron chi connectivity index (χ4n) is 4.96. The lowest BCUT2D eigenvalue weighted by molar-refractivity contribution is 0.191. The number of pyridine rings is 1. The lowest BCUT2D eigenvalue weighted by Crippen LogP contribution is -2.39. The van der Waals surface area contributed by atoms with E-state index in [2.05, 4.69) is 107 Å². The molecule has 8 heteroatoms. The Morgan fingerprint density at radius 1 is 1.03 bits per heavy atom. The molecule has 39 heavy (non-hydrogen) atoms. The number of fused-ring (bicyclic) bond motifs is 1. The first-order valence-electron chi connectivity index (χ1n) is 13.6. The largest absolute Gasteiger partial charge is 0.322 e. The number of rotatable bonds is 11. The minimum absolute atomic E-state index is 0.114. The van der Waals surface area contributed by atoms with Crippen molar-refractivity contribution in [3.63, 3.8) is 0 Å². The summed E-state index contributed by atoms with van der Waals surface area (Å²) in [7, 11) is 0. The van der Waals surface area contributed by atoms with Gasteiger partial charge in [-0.25, -0.2) is 4.68 Å². The molecule has 3 aromatic heterocycles. The average molecular weight is 541 g/mol. The first-order chi connectivity index (χ1) is 18.9. The SMILES string of the molecule is CCc1ccc2[nH]c(=O)c([C@@H](c3nnnn3C(C)(C)CC)N(CCc3ccccc3)Cc3cccs3)cc2c1. The Morgan fingerprint density at radius 3 is 2.56 bits per heavy atom. The van der Waals surface area contributed by atoms with Gasteiger partial charge in [0.2, 0.25) is 0 Å². The van der Waals surface area contributed by atoms with Crippen LogP contribution >= 0.6 is 11.3 Å². The van der Waals surface area contributed by atoms with Gasteiger partial charge in [-0.2, -0.15) is 0 Å². The van der Waals surface area contributed by atoms with Crippen LogP contribution in [0.5, 0.6) is 0 Å². The third kappa shape index (κ3) is 5.87. The van der Waals surface area contributed by atoms with Gasteiger partial charge in [0.1, 0.15) is 6.04 Å². The van der Waals surface area contributed by atoms with Crippen LogP contribution in [0.15, 0.2) is 76.9 Å². The Labute approximate surface area is 233 Å². The molecule has 2 aromatic carbocycles. The van der Waals surface area contributed by atoms with Crippen LogP contribution in [0.2, 0.25) is 0 Å². The Bertz CT molecular complexity index is 1570. The molecule has 1 N–H and O–H groups in total. The number of aryl methyl sites for hydroxylation is 1. The predicted molar refractivity (Wildman–Crippen MR) is 158 cm³/mol. The molecule has 0 amide bonds. The molecule has 0 aliphatic rings. The highest BCUT2D eigenvalue weighted by Crippen LogP contribution is 2.32. The summed E-state index contributed by atoms with van der Waals surface area (Å²) in [6.45, 7) is 9.96. The Hall–Kier alpha value is -3.62. The first kappa shape index (κ1) is 27.0. The summed E-state index contributed by atoms with van der Waals surface area (Å²) >= 11 is 1.72. The summed E-state index contributed by atoms with van der Waals surface area (Å²) in [6, 6.07) is 22.5. The van der Waals surface area contributed by atoms with Gasteiger partial charge in [-0.3, -0.25) is 9.69 Å². The van der Waals surface area contributed by atoms with Crippen LogP contribution in [-0.2, 0) is 24.9 Å². The third-order valence-corrected chi connectivity index (χ3v) is 8.51. The second kappa shape index (κ2) is 11.6. The van der Waals surface area contributed by atoms with E-state index in [0.717, 1.165) is 36.7 Å². The number of H-pyrrole nitrogens is 1. The smallest absolute Gasteiger partial charge is 0.253 e. The molecule has 3 heterocycles. The number of tetrazole rings is 1. The maximum Gasteiger partial charge on any atom is 0.253 e. The summed E-state index contributed by atoms with van der Waals surface area (Å²) in [5.41, 5.74) is 3.54. The van der Waals surface area contributed by atoms with Crippen LogP contribution < -0.4 is 5.56 Å². The maximum atomic E-state index is 13.8. The van der Waals surface area contributed by atoms with Crippen molar-refractivity contribution < 1.29 is 0 Å². The van der Waals surface area contributed by atoms with Crippen LogP contribution in [0, 0.1) is 0 Å². The van der Waals surface area contributed by atoms with Gasteiger partial charge in [-0.15, -0.1) is 16.4 Å². The van der Waals surface area contributed by atoms with Crippen molar-refractivity contribution in [3.05, 3.63) is 110 Å². The van der Waals surface area contributed by atoms with Crippen molar-refractivity contribution in [2.45, 2.75) is 65.1 Å². The fourth-order valence-corrected chi connectivity index (χ4v) is 5.69. The number of benzene rings is 2.